The SMILES string of the molecule is C=C1Nc2[nH]c(=S)[nH]c(=O)c2C(c2ccc(OC)cc2)C1C(=O)OC. The molecule has 1 aromatic heterocycles. The summed E-state index contributed by atoms with van der Waals surface area (Å²) in [5, 5.41) is 2.97. The number of esters is 1. The molecule has 0 spiro atoms. The molecule has 0 amide bonds. The topological polar surface area (TPSA) is 96.2 Å². The second-order valence-electron chi connectivity index (χ2n) is 5.60. The number of carbonyl (C=O) groups excluding carboxylic acids is 1. The number of rotatable bonds is 3. The smallest absolute Gasteiger partial charge is 0.315 e. The minimum absolute atomic E-state index is 0.189. The highest BCUT2D eigenvalue weighted by Crippen LogP contribution is 2.42. The number of H-pyrrole nitrogens is 2. The van der Waals surface area contributed by atoms with Gasteiger partial charge in [-0.2, -0.15) is 0 Å². The molecule has 0 radical (unpaired) electrons. The number of aromatic nitrogens is 2. The summed E-state index contributed by atoms with van der Waals surface area (Å²) < 4.78 is 10.3. The van der Waals surface area contributed by atoms with Gasteiger partial charge in [0.05, 0.1) is 19.8 Å². The van der Waals surface area contributed by atoms with Crippen LogP contribution in [0.3, 0.4) is 0 Å². The lowest BCUT2D eigenvalue weighted by Gasteiger charge is -2.33. The fourth-order valence-corrected chi connectivity index (χ4v) is 3.27. The second-order valence-corrected chi connectivity index (χ2v) is 6.01. The minimum atomic E-state index is -0.753. The molecule has 3 rings (SSSR count). The second kappa shape index (κ2) is 6.56. The van der Waals surface area contributed by atoms with Crippen molar-refractivity contribution in [3.8, 4) is 5.75 Å². The highest BCUT2D eigenvalue weighted by atomic mass is 32.1. The maximum Gasteiger partial charge on any atom is 0.315 e. The van der Waals surface area contributed by atoms with Crippen LogP contribution in [-0.2, 0) is 9.53 Å². The Bertz CT molecular complexity index is 946. The van der Waals surface area contributed by atoms with Gasteiger partial charge in [0.1, 0.15) is 17.5 Å². The lowest BCUT2D eigenvalue weighted by atomic mass is 9.77. The number of nitrogens with one attached hydrogen (secondary N) is 3. The quantitative estimate of drug-likeness (QED) is 0.575. The van der Waals surface area contributed by atoms with Crippen LogP contribution in [0.4, 0.5) is 5.82 Å². The number of anilines is 1. The Hall–Kier alpha value is -2.87. The third kappa shape index (κ3) is 2.96. The van der Waals surface area contributed by atoms with Gasteiger partial charge in [-0.1, -0.05) is 18.7 Å². The van der Waals surface area contributed by atoms with Gasteiger partial charge >= 0.3 is 5.97 Å². The van der Waals surface area contributed by atoms with E-state index in [4.69, 9.17) is 21.7 Å². The maximum atomic E-state index is 12.6. The van der Waals surface area contributed by atoms with Gasteiger partial charge in [0.15, 0.2) is 4.77 Å². The van der Waals surface area contributed by atoms with Crippen LogP contribution in [0.5, 0.6) is 5.75 Å². The molecular weight excluding hydrogens is 342 g/mol. The van der Waals surface area contributed by atoms with Gasteiger partial charge in [-0.25, -0.2) is 0 Å². The average molecular weight is 359 g/mol. The van der Waals surface area contributed by atoms with Gasteiger partial charge in [-0.05, 0) is 29.9 Å². The fraction of sp³-hybridized carbons (Fsp3) is 0.235. The number of fused-ring (bicyclic) bond motifs is 1. The molecule has 0 saturated heterocycles. The zero-order chi connectivity index (χ0) is 18.1. The van der Waals surface area contributed by atoms with Gasteiger partial charge in [0.25, 0.3) is 5.56 Å². The number of methoxy groups -OCH3 is 2. The molecule has 0 fully saturated rings. The van der Waals surface area contributed by atoms with Gasteiger partial charge in [-0.15, -0.1) is 0 Å². The lowest BCUT2D eigenvalue weighted by molar-refractivity contribution is -0.144. The molecule has 8 heteroatoms. The zero-order valence-electron chi connectivity index (χ0n) is 13.7. The highest BCUT2D eigenvalue weighted by molar-refractivity contribution is 7.71. The van der Waals surface area contributed by atoms with Crippen molar-refractivity contribution >= 4 is 24.0 Å². The Kier molecular flexibility index (Phi) is 4.45. The van der Waals surface area contributed by atoms with Crippen LogP contribution in [0.15, 0.2) is 41.3 Å². The number of carbonyl (C=O) groups is 1. The maximum absolute atomic E-state index is 12.6. The van der Waals surface area contributed by atoms with E-state index in [2.05, 4.69) is 21.9 Å². The summed E-state index contributed by atoms with van der Waals surface area (Å²) in [5.41, 5.74) is 1.20. The van der Waals surface area contributed by atoms with E-state index >= 15 is 0 Å². The van der Waals surface area contributed by atoms with Crippen molar-refractivity contribution < 1.29 is 14.3 Å². The number of hydrogen-bond donors (Lipinski definition) is 3. The minimum Gasteiger partial charge on any atom is -0.497 e. The molecule has 7 nitrogen and oxygen atoms in total. The molecule has 2 aromatic rings. The Balaban J connectivity index is 2.25. The number of hydrogen-bond acceptors (Lipinski definition) is 6. The van der Waals surface area contributed by atoms with Crippen LogP contribution in [0.2, 0.25) is 0 Å². The van der Waals surface area contributed by atoms with Crippen molar-refractivity contribution in [2.45, 2.75) is 5.92 Å². The van der Waals surface area contributed by atoms with E-state index in [0.717, 1.165) is 5.56 Å². The summed E-state index contributed by atoms with van der Waals surface area (Å²) >= 11 is 5.03. The van der Waals surface area contributed by atoms with Crippen LogP contribution in [0, 0.1) is 10.7 Å². The highest BCUT2D eigenvalue weighted by Gasteiger charge is 2.41. The number of benzene rings is 1. The first-order valence-electron chi connectivity index (χ1n) is 7.50. The summed E-state index contributed by atoms with van der Waals surface area (Å²) in [7, 11) is 2.87. The van der Waals surface area contributed by atoms with Crippen molar-refractivity contribution in [1.29, 1.82) is 0 Å². The molecule has 0 saturated carbocycles. The van der Waals surface area contributed by atoms with Gasteiger partial charge in [0, 0.05) is 11.6 Å². The van der Waals surface area contributed by atoms with Crippen LogP contribution >= 0.6 is 12.2 Å². The Morgan fingerprint density at radius 2 is 1.88 bits per heavy atom. The largest absolute Gasteiger partial charge is 0.497 e. The standard InChI is InChI=1S/C17H17N3O4S/c1-8-11(16(22)24-3)12(9-4-6-10(23-2)7-5-9)13-14(18-8)19-17(25)20-15(13)21/h4-7,11-12H,1H2,2-3H3,(H3,18,19,20,21,25). The molecule has 25 heavy (non-hydrogen) atoms. The first-order chi connectivity index (χ1) is 12.0. The third-order valence-corrected chi connectivity index (χ3v) is 4.42. The Labute approximate surface area is 148 Å². The van der Waals surface area contributed by atoms with E-state index in [1.165, 1.54) is 7.11 Å². The molecule has 3 N–H and O–H groups in total. The average Bonchev–Trinajstić information content (AvgIpc) is 2.59. The monoisotopic (exact) mass is 359 g/mol. The fourth-order valence-electron chi connectivity index (χ4n) is 3.07. The lowest BCUT2D eigenvalue weighted by Crippen LogP contribution is -2.37. The number of ether oxygens (including phenoxy) is 2. The molecule has 1 aromatic carbocycles. The van der Waals surface area contributed by atoms with E-state index in [1.54, 1.807) is 19.2 Å². The van der Waals surface area contributed by atoms with Crippen molar-refractivity contribution in [2.75, 3.05) is 19.5 Å². The molecule has 1 aliphatic rings. The predicted octanol–water partition coefficient (Wildman–Crippen LogP) is 2.30. The normalized spacial score (nSPS) is 18.9. The summed E-state index contributed by atoms with van der Waals surface area (Å²) in [4.78, 5) is 30.4. The Morgan fingerprint density at radius 1 is 1.20 bits per heavy atom. The van der Waals surface area contributed by atoms with E-state index < -0.39 is 17.8 Å². The first kappa shape index (κ1) is 17.0. The van der Waals surface area contributed by atoms with Crippen molar-refractivity contribution in [1.82, 2.24) is 9.97 Å². The van der Waals surface area contributed by atoms with Crippen molar-refractivity contribution in [2.24, 2.45) is 5.92 Å². The predicted molar refractivity (Wildman–Crippen MR) is 95.4 cm³/mol. The molecular formula is C17H17N3O4S. The van der Waals surface area contributed by atoms with E-state index in [0.29, 0.717) is 22.8 Å². The summed E-state index contributed by atoms with van der Waals surface area (Å²) in [6.07, 6.45) is 0. The molecule has 0 aliphatic carbocycles. The number of aromatic amines is 2. The van der Waals surface area contributed by atoms with Crippen molar-refractivity contribution in [3.05, 3.63) is 62.8 Å². The van der Waals surface area contributed by atoms with E-state index in [1.807, 2.05) is 12.1 Å². The summed E-state index contributed by atoms with van der Waals surface area (Å²) in [5.74, 6) is -0.702. The first-order valence-corrected chi connectivity index (χ1v) is 7.91. The van der Waals surface area contributed by atoms with Crippen LogP contribution in [0.1, 0.15) is 17.0 Å². The van der Waals surface area contributed by atoms with Crippen LogP contribution in [-0.4, -0.2) is 30.2 Å². The molecule has 2 heterocycles. The molecule has 1 aliphatic heterocycles. The van der Waals surface area contributed by atoms with Crippen LogP contribution < -0.4 is 15.6 Å². The summed E-state index contributed by atoms with van der Waals surface area (Å²) in [6, 6.07) is 7.16. The molecule has 2 unspecified atom stereocenters. The van der Waals surface area contributed by atoms with Crippen molar-refractivity contribution in [3.63, 3.8) is 0 Å². The van der Waals surface area contributed by atoms with E-state index in [-0.39, 0.29) is 10.3 Å². The molecule has 130 valence electrons. The van der Waals surface area contributed by atoms with Gasteiger partial charge < -0.3 is 19.8 Å². The van der Waals surface area contributed by atoms with Gasteiger partial charge in [0.2, 0.25) is 0 Å². The Morgan fingerprint density at radius 3 is 2.48 bits per heavy atom. The third-order valence-electron chi connectivity index (χ3n) is 4.21. The zero-order valence-corrected chi connectivity index (χ0v) is 14.5. The van der Waals surface area contributed by atoms with Crippen LogP contribution in [0.25, 0.3) is 0 Å². The summed E-state index contributed by atoms with van der Waals surface area (Å²) in [6.45, 7) is 3.93. The van der Waals surface area contributed by atoms with E-state index in [9.17, 15) is 9.59 Å². The molecule has 2 atom stereocenters. The molecule has 0 bridgehead atoms. The van der Waals surface area contributed by atoms with Gasteiger partial charge in [-0.3, -0.25) is 14.6 Å².